The summed E-state index contributed by atoms with van der Waals surface area (Å²) in [7, 11) is 0. The Morgan fingerprint density at radius 2 is 1.88 bits per heavy atom. The van der Waals surface area contributed by atoms with Crippen molar-refractivity contribution in [3.63, 3.8) is 0 Å². The van der Waals surface area contributed by atoms with E-state index in [4.69, 9.17) is 5.11 Å². The van der Waals surface area contributed by atoms with Gasteiger partial charge in [-0.05, 0) is 18.6 Å². The molecule has 1 atom stereocenters. The van der Waals surface area contributed by atoms with Crippen molar-refractivity contribution in [3.8, 4) is 0 Å². The van der Waals surface area contributed by atoms with E-state index in [-0.39, 0.29) is 23.6 Å². The summed E-state index contributed by atoms with van der Waals surface area (Å²) in [6.07, 6.45) is 0.0389. The zero-order chi connectivity index (χ0) is 12.4. The van der Waals surface area contributed by atoms with E-state index >= 15 is 0 Å². The van der Waals surface area contributed by atoms with Gasteiger partial charge in [-0.15, -0.1) is 0 Å². The van der Waals surface area contributed by atoms with Crippen molar-refractivity contribution in [2.75, 3.05) is 13.1 Å². The maximum Gasteiger partial charge on any atom is 0.336 e. The van der Waals surface area contributed by atoms with Crippen molar-refractivity contribution < 1.29 is 19.8 Å². The number of nitrogens with zero attached hydrogens (tertiary/aromatic N) is 1. The molecule has 1 unspecified atom stereocenters. The van der Waals surface area contributed by atoms with Gasteiger partial charge < -0.3 is 15.1 Å². The number of benzene rings is 1. The second-order valence-corrected chi connectivity index (χ2v) is 4.04. The van der Waals surface area contributed by atoms with Crippen LogP contribution in [0.1, 0.15) is 27.1 Å². The molecule has 5 nitrogen and oxygen atoms in total. The van der Waals surface area contributed by atoms with Gasteiger partial charge in [-0.1, -0.05) is 12.1 Å². The maximum atomic E-state index is 12.1. The number of hydrogen-bond donors (Lipinski definition) is 2. The molecule has 1 aromatic rings. The molecule has 1 saturated heterocycles. The number of carboxylic acids is 1. The number of carbonyl (C=O) groups is 2. The van der Waals surface area contributed by atoms with E-state index in [1.807, 2.05) is 0 Å². The van der Waals surface area contributed by atoms with Gasteiger partial charge in [0.05, 0.1) is 17.2 Å². The number of aliphatic hydroxyl groups excluding tert-OH is 1. The molecule has 5 heteroatoms. The molecule has 1 fully saturated rings. The molecule has 1 aliphatic rings. The van der Waals surface area contributed by atoms with Gasteiger partial charge in [0.2, 0.25) is 0 Å². The standard InChI is InChI=1S/C12H13NO4/c14-8-5-6-13(7-8)11(15)9-3-1-2-4-10(9)12(16)17/h1-4,8,14H,5-7H2,(H,16,17). The zero-order valence-corrected chi connectivity index (χ0v) is 9.17. The van der Waals surface area contributed by atoms with Crippen LogP contribution in [-0.2, 0) is 0 Å². The predicted molar refractivity (Wildman–Crippen MR) is 59.9 cm³/mol. The van der Waals surface area contributed by atoms with Gasteiger partial charge >= 0.3 is 5.97 Å². The number of hydrogen-bond acceptors (Lipinski definition) is 3. The highest BCUT2D eigenvalue weighted by Gasteiger charge is 2.27. The molecule has 0 aliphatic carbocycles. The van der Waals surface area contributed by atoms with E-state index < -0.39 is 12.1 Å². The van der Waals surface area contributed by atoms with Crippen LogP contribution in [0, 0.1) is 0 Å². The highest BCUT2D eigenvalue weighted by Crippen LogP contribution is 2.16. The number of amides is 1. The Morgan fingerprint density at radius 3 is 2.41 bits per heavy atom. The molecule has 0 saturated carbocycles. The number of β-amino-alcohol motifs (C(OH)–C–C–N with tert-alkyl or cyclic N) is 1. The van der Waals surface area contributed by atoms with E-state index in [0.29, 0.717) is 13.0 Å². The summed E-state index contributed by atoms with van der Waals surface area (Å²) in [6, 6.07) is 6.11. The summed E-state index contributed by atoms with van der Waals surface area (Å²) < 4.78 is 0. The van der Waals surface area contributed by atoms with Gasteiger partial charge in [-0.2, -0.15) is 0 Å². The monoisotopic (exact) mass is 235 g/mol. The lowest BCUT2D eigenvalue weighted by Crippen LogP contribution is -2.30. The van der Waals surface area contributed by atoms with Gasteiger partial charge in [0, 0.05) is 13.1 Å². The van der Waals surface area contributed by atoms with Crippen molar-refractivity contribution in [2.45, 2.75) is 12.5 Å². The van der Waals surface area contributed by atoms with Crippen molar-refractivity contribution in [1.82, 2.24) is 4.90 Å². The summed E-state index contributed by atoms with van der Waals surface area (Å²) in [5.41, 5.74) is 0.174. The topological polar surface area (TPSA) is 77.8 Å². The van der Waals surface area contributed by atoms with Crippen LogP contribution in [0.4, 0.5) is 0 Å². The van der Waals surface area contributed by atoms with Gasteiger partial charge in [0.15, 0.2) is 0 Å². The van der Waals surface area contributed by atoms with Crippen LogP contribution < -0.4 is 0 Å². The van der Waals surface area contributed by atoms with E-state index in [1.54, 1.807) is 12.1 Å². The van der Waals surface area contributed by atoms with Crippen molar-refractivity contribution in [2.24, 2.45) is 0 Å². The average Bonchev–Trinajstić information content (AvgIpc) is 2.75. The van der Waals surface area contributed by atoms with Crippen molar-refractivity contribution in [3.05, 3.63) is 35.4 Å². The van der Waals surface area contributed by atoms with Gasteiger partial charge in [0.1, 0.15) is 0 Å². The number of carbonyl (C=O) groups excluding carboxylic acids is 1. The summed E-state index contributed by atoms with van der Waals surface area (Å²) in [5.74, 6) is -1.45. The molecule has 0 aromatic heterocycles. The Kier molecular flexibility index (Phi) is 3.10. The first-order chi connectivity index (χ1) is 8.09. The number of rotatable bonds is 2. The highest BCUT2D eigenvalue weighted by atomic mass is 16.4. The lowest BCUT2D eigenvalue weighted by Gasteiger charge is -2.16. The van der Waals surface area contributed by atoms with E-state index in [2.05, 4.69) is 0 Å². The molecule has 2 rings (SSSR count). The van der Waals surface area contributed by atoms with Crippen LogP contribution in [0.25, 0.3) is 0 Å². The number of likely N-dealkylation sites (tertiary alicyclic amines) is 1. The minimum absolute atomic E-state index is 0.00103. The van der Waals surface area contributed by atoms with Crippen molar-refractivity contribution >= 4 is 11.9 Å². The first-order valence-corrected chi connectivity index (χ1v) is 5.39. The fourth-order valence-electron chi connectivity index (χ4n) is 1.95. The molecule has 1 amide bonds. The molecule has 90 valence electrons. The lowest BCUT2D eigenvalue weighted by atomic mass is 10.1. The summed E-state index contributed by atoms with van der Waals surface area (Å²) >= 11 is 0. The molecular formula is C12H13NO4. The molecule has 2 N–H and O–H groups in total. The second kappa shape index (κ2) is 4.55. The SMILES string of the molecule is O=C(O)c1ccccc1C(=O)N1CCC(O)C1. The minimum Gasteiger partial charge on any atom is -0.478 e. The zero-order valence-electron chi connectivity index (χ0n) is 9.17. The average molecular weight is 235 g/mol. The molecule has 0 bridgehead atoms. The minimum atomic E-state index is -1.12. The van der Waals surface area contributed by atoms with E-state index in [0.717, 1.165) is 0 Å². The predicted octanol–water partition coefficient (Wildman–Crippen LogP) is 0.592. The Labute approximate surface area is 98.3 Å². The third kappa shape index (κ3) is 2.29. The fraction of sp³-hybridized carbons (Fsp3) is 0.333. The third-order valence-corrected chi connectivity index (χ3v) is 2.84. The van der Waals surface area contributed by atoms with Crippen LogP contribution in [0.2, 0.25) is 0 Å². The molecule has 1 aliphatic heterocycles. The first kappa shape index (κ1) is 11.6. The quantitative estimate of drug-likeness (QED) is 0.786. The van der Waals surface area contributed by atoms with Crippen LogP contribution in [0.3, 0.4) is 0 Å². The Morgan fingerprint density at radius 1 is 1.24 bits per heavy atom. The Hall–Kier alpha value is -1.88. The number of aliphatic hydroxyl groups is 1. The van der Waals surface area contributed by atoms with Gasteiger partial charge in [0.25, 0.3) is 5.91 Å². The second-order valence-electron chi connectivity index (χ2n) is 4.04. The van der Waals surface area contributed by atoms with Crippen LogP contribution >= 0.6 is 0 Å². The lowest BCUT2D eigenvalue weighted by molar-refractivity contribution is 0.0678. The summed E-state index contributed by atoms with van der Waals surface area (Å²) in [5, 5.41) is 18.4. The number of carboxylic acid groups (broad SMARTS) is 1. The molecule has 0 radical (unpaired) electrons. The fourth-order valence-corrected chi connectivity index (χ4v) is 1.95. The normalized spacial score (nSPS) is 19.4. The largest absolute Gasteiger partial charge is 0.478 e. The van der Waals surface area contributed by atoms with E-state index in [9.17, 15) is 14.7 Å². The molecular weight excluding hydrogens is 222 g/mol. The molecule has 1 aromatic carbocycles. The first-order valence-electron chi connectivity index (χ1n) is 5.39. The Bertz CT molecular complexity index is 458. The van der Waals surface area contributed by atoms with Crippen molar-refractivity contribution in [1.29, 1.82) is 0 Å². The van der Waals surface area contributed by atoms with Crippen LogP contribution in [0.15, 0.2) is 24.3 Å². The van der Waals surface area contributed by atoms with Crippen LogP contribution in [-0.4, -0.2) is 46.2 Å². The summed E-state index contributed by atoms with van der Waals surface area (Å²) in [4.78, 5) is 24.5. The summed E-state index contributed by atoms with van der Waals surface area (Å²) in [6.45, 7) is 0.737. The third-order valence-electron chi connectivity index (χ3n) is 2.84. The highest BCUT2D eigenvalue weighted by molar-refractivity contribution is 6.04. The Balaban J connectivity index is 2.28. The van der Waals surface area contributed by atoms with Crippen LogP contribution in [0.5, 0.6) is 0 Å². The number of aromatic carboxylic acids is 1. The molecule has 1 heterocycles. The maximum absolute atomic E-state index is 12.1. The van der Waals surface area contributed by atoms with Gasteiger partial charge in [-0.3, -0.25) is 4.79 Å². The van der Waals surface area contributed by atoms with Gasteiger partial charge in [-0.25, -0.2) is 4.79 Å². The van der Waals surface area contributed by atoms with E-state index in [1.165, 1.54) is 17.0 Å². The molecule has 0 spiro atoms. The smallest absolute Gasteiger partial charge is 0.336 e. The molecule has 17 heavy (non-hydrogen) atoms.